The van der Waals surface area contributed by atoms with Gasteiger partial charge in [-0.3, -0.25) is 14.5 Å². The van der Waals surface area contributed by atoms with Crippen molar-refractivity contribution in [3.8, 4) is 0 Å². The lowest BCUT2D eigenvalue weighted by Gasteiger charge is -2.12. The Morgan fingerprint density at radius 3 is 2.67 bits per heavy atom. The Hall–Kier alpha value is -0.620. The summed E-state index contributed by atoms with van der Waals surface area (Å²) >= 11 is 6.37. The zero-order valence-corrected chi connectivity index (χ0v) is 12.2. The van der Waals surface area contributed by atoms with Crippen molar-refractivity contribution in [2.75, 3.05) is 6.54 Å². The van der Waals surface area contributed by atoms with Crippen molar-refractivity contribution >= 4 is 40.2 Å². The zero-order valence-electron chi connectivity index (χ0n) is 10.6. The summed E-state index contributed by atoms with van der Waals surface area (Å²) in [4.78, 5) is 23.8. The Bertz CT molecular complexity index is 333. The highest BCUT2D eigenvalue weighted by Gasteiger charge is 2.37. The average Bonchev–Trinajstić information content (AvgIpc) is 2.56. The molecule has 1 saturated heterocycles. The Kier molecular flexibility index (Phi) is 6.63. The van der Waals surface area contributed by atoms with Gasteiger partial charge in [0, 0.05) is 0 Å². The highest BCUT2D eigenvalue weighted by atomic mass is 32.2. The minimum Gasteiger partial charge on any atom is -0.480 e. The van der Waals surface area contributed by atoms with Gasteiger partial charge < -0.3 is 5.11 Å². The van der Waals surface area contributed by atoms with E-state index in [4.69, 9.17) is 17.3 Å². The second-order valence-electron chi connectivity index (χ2n) is 4.39. The molecule has 102 valence electrons. The maximum absolute atomic E-state index is 11.9. The van der Waals surface area contributed by atoms with Gasteiger partial charge in [0.05, 0.1) is 5.25 Å². The van der Waals surface area contributed by atoms with Crippen LogP contribution >= 0.6 is 24.0 Å². The topological polar surface area (TPSA) is 57.6 Å². The lowest BCUT2D eigenvalue weighted by atomic mass is 10.1. The molecule has 1 unspecified atom stereocenters. The van der Waals surface area contributed by atoms with Crippen LogP contribution < -0.4 is 0 Å². The zero-order chi connectivity index (χ0) is 13.5. The monoisotopic (exact) mass is 289 g/mol. The number of carbonyl (C=O) groups excluding carboxylic acids is 1. The van der Waals surface area contributed by atoms with Gasteiger partial charge in [-0.05, 0) is 6.42 Å². The molecular weight excluding hydrogens is 270 g/mol. The largest absolute Gasteiger partial charge is 0.480 e. The minimum absolute atomic E-state index is 0.136. The van der Waals surface area contributed by atoms with Crippen LogP contribution in [0.5, 0.6) is 0 Å². The van der Waals surface area contributed by atoms with Crippen LogP contribution in [-0.2, 0) is 9.59 Å². The summed E-state index contributed by atoms with van der Waals surface area (Å²) in [5, 5.41) is 8.54. The molecule has 6 heteroatoms. The molecule has 4 nitrogen and oxygen atoms in total. The molecule has 1 aliphatic rings. The van der Waals surface area contributed by atoms with Gasteiger partial charge in [0.2, 0.25) is 5.91 Å². The van der Waals surface area contributed by atoms with E-state index in [0.29, 0.717) is 4.32 Å². The summed E-state index contributed by atoms with van der Waals surface area (Å²) in [6.45, 7) is 1.86. The number of hydrogen-bond acceptors (Lipinski definition) is 4. The Labute approximate surface area is 117 Å². The number of aliphatic carboxylic acids is 1. The van der Waals surface area contributed by atoms with Gasteiger partial charge >= 0.3 is 5.97 Å². The van der Waals surface area contributed by atoms with Crippen LogP contribution in [0.4, 0.5) is 0 Å². The molecule has 0 aromatic rings. The van der Waals surface area contributed by atoms with Crippen LogP contribution in [-0.4, -0.2) is 38.0 Å². The van der Waals surface area contributed by atoms with E-state index in [0.717, 1.165) is 19.3 Å². The van der Waals surface area contributed by atoms with Crippen molar-refractivity contribution < 1.29 is 14.7 Å². The predicted octanol–water partition coefficient (Wildman–Crippen LogP) is 2.66. The first kappa shape index (κ1) is 15.4. The molecule has 1 aliphatic heterocycles. The lowest BCUT2D eigenvalue weighted by molar-refractivity contribution is -0.141. The molecule has 0 saturated carbocycles. The van der Waals surface area contributed by atoms with Crippen molar-refractivity contribution in [3.63, 3.8) is 0 Å². The van der Waals surface area contributed by atoms with Crippen molar-refractivity contribution in [2.45, 2.75) is 50.7 Å². The number of nitrogens with zero attached hydrogens (tertiary/aromatic N) is 1. The second-order valence-corrected chi connectivity index (χ2v) is 6.23. The molecule has 1 fully saturated rings. The van der Waals surface area contributed by atoms with Crippen molar-refractivity contribution in [1.82, 2.24) is 4.90 Å². The number of thioether (sulfide) groups is 1. The van der Waals surface area contributed by atoms with Gasteiger partial charge in [-0.1, -0.05) is 63.0 Å². The van der Waals surface area contributed by atoms with Gasteiger partial charge in [-0.15, -0.1) is 0 Å². The fourth-order valence-corrected chi connectivity index (χ4v) is 3.43. The number of carboxylic acid groups (broad SMARTS) is 1. The summed E-state index contributed by atoms with van der Waals surface area (Å²) < 4.78 is 0.404. The summed E-state index contributed by atoms with van der Waals surface area (Å²) in [7, 11) is 0. The summed E-state index contributed by atoms with van der Waals surface area (Å²) in [5.74, 6) is -1.15. The predicted molar refractivity (Wildman–Crippen MR) is 76.7 cm³/mol. The van der Waals surface area contributed by atoms with E-state index in [1.54, 1.807) is 0 Å². The van der Waals surface area contributed by atoms with Crippen LogP contribution in [0.1, 0.15) is 45.4 Å². The number of thiocarbonyl (C=S) groups is 1. The van der Waals surface area contributed by atoms with Gasteiger partial charge in [0.1, 0.15) is 10.9 Å². The molecule has 1 heterocycles. The summed E-state index contributed by atoms with van der Waals surface area (Å²) in [6.07, 6.45) is 6.56. The Morgan fingerprint density at radius 1 is 1.39 bits per heavy atom. The van der Waals surface area contributed by atoms with E-state index < -0.39 is 5.97 Å². The fraction of sp³-hybridized carbons (Fsp3) is 0.750. The molecule has 1 rings (SSSR count). The third-order valence-corrected chi connectivity index (χ3v) is 4.52. The van der Waals surface area contributed by atoms with Crippen LogP contribution in [0.3, 0.4) is 0 Å². The van der Waals surface area contributed by atoms with Crippen molar-refractivity contribution in [3.05, 3.63) is 0 Å². The van der Waals surface area contributed by atoms with E-state index >= 15 is 0 Å². The van der Waals surface area contributed by atoms with Crippen LogP contribution in [0.25, 0.3) is 0 Å². The molecule has 0 aliphatic carbocycles. The molecule has 0 bridgehead atoms. The number of carboxylic acids is 1. The molecule has 18 heavy (non-hydrogen) atoms. The van der Waals surface area contributed by atoms with Gasteiger partial charge in [-0.25, -0.2) is 0 Å². The van der Waals surface area contributed by atoms with E-state index in [2.05, 4.69) is 6.92 Å². The molecule has 1 N–H and O–H groups in total. The smallest absolute Gasteiger partial charge is 0.323 e. The summed E-state index contributed by atoms with van der Waals surface area (Å²) in [5.41, 5.74) is 0. The number of rotatable bonds is 8. The maximum atomic E-state index is 11.9. The molecule has 1 atom stereocenters. The third kappa shape index (κ3) is 4.57. The van der Waals surface area contributed by atoms with Gasteiger partial charge in [-0.2, -0.15) is 0 Å². The Morgan fingerprint density at radius 2 is 2.06 bits per heavy atom. The molecule has 1 amide bonds. The van der Waals surface area contributed by atoms with Gasteiger partial charge in [0.15, 0.2) is 0 Å². The van der Waals surface area contributed by atoms with Crippen molar-refractivity contribution in [2.24, 2.45) is 0 Å². The number of hydrogen-bond donors (Lipinski definition) is 1. The first-order chi connectivity index (χ1) is 8.56. The molecule has 0 spiro atoms. The number of unbranched alkanes of at least 4 members (excludes halogenated alkanes) is 4. The quantitative estimate of drug-likeness (QED) is 0.550. The first-order valence-electron chi connectivity index (χ1n) is 6.30. The molecule has 0 aromatic heterocycles. The average molecular weight is 289 g/mol. The summed E-state index contributed by atoms with van der Waals surface area (Å²) in [6, 6.07) is 0. The maximum Gasteiger partial charge on any atom is 0.323 e. The fourth-order valence-electron chi connectivity index (χ4n) is 1.89. The standard InChI is InChI=1S/C12H19NO3S2/c1-2-3-4-5-6-7-9-11(16)13(8-10(14)15)12(17)18-9/h9H,2-8H2,1H3,(H,14,15). The van der Waals surface area contributed by atoms with Crippen LogP contribution in [0, 0.1) is 0 Å². The van der Waals surface area contributed by atoms with Crippen LogP contribution in [0.2, 0.25) is 0 Å². The number of amides is 1. The normalized spacial score (nSPS) is 19.6. The van der Waals surface area contributed by atoms with E-state index in [9.17, 15) is 9.59 Å². The van der Waals surface area contributed by atoms with E-state index in [-0.39, 0.29) is 17.7 Å². The highest BCUT2D eigenvalue weighted by molar-refractivity contribution is 8.24. The number of carbonyl (C=O) groups is 2. The van der Waals surface area contributed by atoms with E-state index in [1.807, 2.05) is 0 Å². The van der Waals surface area contributed by atoms with E-state index in [1.165, 1.54) is 35.9 Å². The lowest BCUT2D eigenvalue weighted by Crippen LogP contribution is -2.35. The molecule has 0 aromatic carbocycles. The molecule has 0 radical (unpaired) electrons. The highest BCUT2D eigenvalue weighted by Crippen LogP contribution is 2.30. The first-order valence-corrected chi connectivity index (χ1v) is 7.58. The minimum atomic E-state index is -1.02. The van der Waals surface area contributed by atoms with Gasteiger partial charge in [0.25, 0.3) is 0 Å². The van der Waals surface area contributed by atoms with Crippen LogP contribution in [0.15, 0.2) is 0 Å². The molecular formula is C12H19NO3S2. The van der Waals surface area contributed by atoms with Crippen molar-refractivity contribution in [1.29, 1.82) is 0 Å². The second kappa shape index (κ2) is 7.74. The third-order valence-electron chi connectivity index (χ3n) is 2.87. The SMILES string of the molecule is CCCCCCCC1SC(=S)N(CC(=O)O)C1=O. The Balaban J connectivity index is 2.33.